The van der Waals surface area contributed by atoms with Crippen LogP contribution < -0.4 is 0 Å². The van der Waals surface area contributed by atoms with Crippen molar-refractivity contribution in [1.82, 2.24) is 4.90 Å². The van der Waals surface area contributed by atoms with Crippen LogP contribution in [0, 0.1) is 5.92 Å². The molecule has 1 heterocycles. The maximum absolute atomic E-state index is 12.4. The van der Waals surface area contributed by atoms with Gasteiger partial charge >= 0.3 is 0 Å². The van der Waals surface area contributed by atoms with E-state index in [1.165, 1.54) is 0 Å². The van der Waals surface area contributed by atoms with Gasteiger partial charge in [0.2, 0.25) is 0 Å². The summed E-state index contributed by atoms with van der Waals surface area (Å²) in [4.78, 5) is 14.4. The molecular formula is C15H21NO2. The molecule has 1 fully saturated rings. The highest BCUT2D eigenvalue weighted by molar-refractivity contribution is 5.82. The molecule has 1 aromatic carbocycles. The van der Waals surface area contributed by atoms with E-state index in [0.29, 0.717) is 0 Å². The average Bonchev–Trinajstić information content (AvgIpc) is 2.41. The predicted octanol–water partition coefficient (Wildman–Crippen LogP) is 2.63. The summed E-state index contributed by atoms with van der Waals surface area (Å²) in [7, 11) is 1.60. The number of likely N-dealkylation sites (tertiary alicyclic amines) is 1. The van der Waals surface area contributed by atoms with Crippen molar-refractivity contribution in [3.05, 3.63) is 35.9 Å². The first-order valence-electron chi connectivity index (χ1n) is 6.59. The summed E-state index contributed by atoms with van der Waals surface area (Å²) in [5.74, 6) is 0.822. The number of hydrogen-bond donors (Lipinski definition) is 0. The monoisotopic (exact) mass is 247 g/mol. The number of ether oxygens (including phenoxy) is 1. The summed E-state index contributed by atoms with van der Waals surface area (Å²) in [5, 5.41) is 0. The van der Waals surface area contributed by atoms with Crippen LogP contribution in [0.1, 0.15) is 31.4 Å². The minimum absolute atomic E-state index is 0.0931. The van der Waals surface area contributed by atoms with E-state index in [9.17, 15) is 4.79 Å². The standard InChI is InChI=1S/C15H21NO2/c1-12-8-10-16(11-9-12)15(17)14(18-2)13-6-4-3-5-7-13/h3-7,12,14H,8-11H2,1-2H3/t14-/m1/s1. The number of nitrogens with zero attached hydrogens (tertiary/aromatic N) is 1. The van der Waals surface area contributed by atoms with Crippen LogP contribution in [0.3, 0.4) is 0 Å². The molecule has 1 amide bonds. The number of benzene rings is 1. The molecule has 98 valence electrons. The Morgan fingerprint density at radius 3 is 2.44 bits per heavy atom. The van der Waals surface area contributed by atoms with Crippen LogP contribution in [-0.4, -0.2) is 31.0 Å². The molecule has 1 atom stereocenters. The molecule has 0 spiro atoms. The third-order valence-corrected chi connectivity index (χ3v) is 3.66. The topological polar surface area (TPSA) is 29.5 Å². The quantitative estimate of drug-likeness (QED) is 0.821. The Morgan fingerprint density at radius 1 is 1.28 bits per heavy atom. The van der Waals surface area contributed by atoms with Gasteiger partial charge in [-0.3, -0.25) is 4.79 Å². The molecule has 0 unspecified atom stereocenters. The van der Waals surface area contributed by atoms with E-state index < -0.39 is 6.10 Å². The van der Waals surface area contributed by atoms with Crippen molar-refractivity contribution in [3.8, 4) is 0 Å². The van der Waals surface area contributed by atoms with Gasteiger partial charge in [-0.05, 0) is 24.3 Å². The van der Waals surface area contributed by atoms with Crippen molar-refractivity contribution >= 4 is 5.91 Å². The van der Waals surface area contributed by atoms with Gasteiger partial charge in [0, 0.05) is 20.2 Å². The third kappa shape index (κ3) is 2.91. The van der Waals surface area contributed by atoms with Gasteiger partial charge in [-0.25, -0.2) is 0 Å². The highest BCUT2D eigenvalue weighted by Crippen LogP contribution is 2.23. The fourth-order valence-electron chi connectivity index (χ4n) is 2.40. The summed E-state index contributed by atoms with van der Waals surface area (Å²) in [6.07, 6.45) is 1.73. The van der Waals surface area contributed by atoms with E-state index in [0.717, 1.165) is 37.4 Å². The first-order chi connectivity index (χ1) is 8.72. The molecule has 18 heavy (non-hydrogen) atoms. The van der Waals surface area contributed by atoms with Crippen LogP contribution >= 0.6 is 0 Å². The Kier molecular flexibility index (Phi) is 4.37. The molecule has 0 N–H and O–H groups in total. The smallest absolute Gasteiger partial charge is 0.256 e. The molecule has 0 bridgehead atoms. The van der Waals surface area contributed by atoms with Gasteiger partial charge in [0.25, 0.3) is 5.91 Å². The van der Waals surface area contributed by atoms with Gasteiger partial charge in [0.1, 0.15) is 0 Å². The Bertz CT molecular complexity index is 383. The Labute approximate surface area is 109 Å². The molecular weight excluding hydrogens is 226 g/mol. The maximum Gasteiger partial charge on any atom is 0.256 e. The van der Waals surface area contributed by atoms with E-state index >= 15 is 0 Å². The van der Waals surface area contributed by atoms with Crippen LogP contribution in [0.2, 0.25) is 0 Å². The fraction of sp³-hybridized carbons (Fsp3) is 0.533. The zero-order chi connectivity index (χ0) is 13.0. The van der Waals surface area contributed by atoms with E-state index in [-0.39, 0.29) is 5.91 Å². The normalized spacial score (nSPS) is 18.7. The summed E-state index contributed by atoms with van der Waals surface area (Å²) in [6.45, 7) is 3.95. The summed E-state index contributed by atoms with van der Waals surface area (Å²) in [6, 6.07) is 9.71. The molecule has 1 aliphatic heterocycles. The lowest BCUT2D eigenvalue weighted by Crippen LogP contribution is -2.41. The molecule has 0 aliphatic carbocycles. The van der Waals surface area contributed by atoms with Crippen molar-refractivity contribution in [1.29, 1.82) is 0 Å². The van der Waals surface area contributed by atoms with Gasteiger partial charge < -0.3 is 9.64 Å². The first kappa shape index (κ1) is 13.1. The molecule has 0 radical (unpaired) electrons. The number of rotatable bonds is 3. The maximum atomic E-state index is 12.4. The lowest BCUT2D eigenvalue weighted by atomic mass is 9.98. The van der Waals surface area contributed by atoms with E-state index in [4.69, 9.17) is 4.74 Å². The van der Waals surface area contributed by atoms with Crippen LogP contribution in [0.4, 0.5) is 0 Å². The summed E-state index contributed by atoms with van der Waals surface area (Å²) >= 11 is 0. The summed E-state index contributed by atoms with van der Waals surface area (Å²) < 4.78 is 5.39. The second-order valence-corrected chi connectivity index (χ2v) is 5.03. The van der Waals surface area contributed by atoms with Crippen molar-refractivity contribution in [2.45, 2.75) is 25.9 Å². The molecule has 0 aromatic heterocycles. The average molecular weight is 247 g/mol. The lowest BCUT2D eigenvalue weighted by molar-refractivity contribution is -0.143. The molecule has 0 saturated carbocycles. The second kappa shape index (κ2) is 6.01. The number of piperidine rings is 1. The highest BCUT2D eigenvalue weighted by atomic mass is 16.5. The third-order valence-electron chi connectivity index (χ3n) is 3.66. The molecule has 2 rings (SSSR count). The number of hydrogen-bond acceptors (Lipinski definition) is 2. The van der Waals surface area contributed by atoms with Crippen molar-refractivity contribution in [3.63, 3.8) is 0 Å². The minimum atomic E-state index is -0.459. The van der Waals surface area contributed by atoms with Gasteiger partial charge in [-0.15, -0.1) is 0 Å². The Morgan fingerprint density at radius 2 is 1.89 bits per heavy atom. The van der Waals surface area contributed by atoms with Gasteiger partial charge in [0.05, 0.1) is 0 Å². The molecule has 1 aromatic rings. The molecule has 1 aliphatic rings. The van der Waals surface area contributed by atoms with Gasteiger partial charge in [-0.1, -0.05) is 37.3 Å². The zero-order valence-electron chi connectivity index (χ0n) is 11.1. The largest absolute Gasteiger partial charge is 0.367 e. The van der Waals surface area contributed by atoms with Crippen LogP contribution in [0.15, 0.2) is 30.3 Å². The zero-order valence-corrected chi connectivity index (χ0v) is 11.1. The fourth-order valence-corrected chi connectivity index (χ4v) is 2.40. The summed E-state index contributed by atoms with van der Waals surface area (Å²) in [5.41, 5.74) is 0.934. The second-order valence-electron chi connectivity index (χ2n) is 5.03. The van der Waals surface area contributed by atoms with Crippen LogP contribution in [0.5, 0.6) is 0 Å². The van der Waals surface area contributed by atoms with Crippen molar-refractivity contribution in [2.75, 3.05) is 20.2 Å². The van der Waals surface area contributed by atoms with E-state index in [2.05, 4.69) is 6.92 Å². The lowest BCUT2D eigenvalue weighted by Gasteiger charge is -2.32. The molecule has 3 nitrogen and oxygen atoms in total. The molecule has 3 heteroatoms. The van der Waals surface area contributed by atoms with Crippen LogP contribution in [0.25, 0.3) is 0 Å². The van der Waals surface area contributed by atoms with Crippen molar-refractivity contribution in [2.24, 2.45) is 5.92 Å². The van der Waals surface area contributed by atoms with E-state index in [1.54, 1.807) is 7.11 Å². The van der Waals surface area contributed by atoms with Crippen molar-refractivity contribution < 1.29 is 9.53 Å². The number of methoxy groups -OCH3 is 1. The SMILES string of the molecule is CO[C@@H](C(=O)N1CCC(C)CC1)c1ccccc1. The highest BCUT2D eigenvalue weighted by Gasteiger charge is 2.27. The molecule has 1 saturated heterocycles. The van der Waals surface area contributed by atoms with Crippen LogP contribution in [-0.2, 0) is 9.53 Å². The minimum Gasteiger partial charge on any atom is -0.367 e. The first-order valence-corrected chi connectivity index (χ1v) is 6.59. The number of carbonyl (C=O) groups excluding carboxylic acids is 1. The van der Waals surface area contributed by atoms with Gasteiger partial charge in [-0.2, -0.15) is 0 Å². The van der Waals surface area contributed by atoms with Gasteiger partial charge in [0.15, 0.2) is 6.10 Å². The Balaban J connectivity index is 2.06. The number of carbonyl (C=O) groups is 1. The Hall–Kier alpha value is -1.35. The predicted molar refractivity (Wildman–Crippen MR) is 71.2 cm³/mol. The van der Waals surface area contributed by atoms with E-state index in [1.807, 2.05) is 35.2 Å². The number of amides is 1.